The van der Waals surface area contributed by atoms with Crippen LogP contribution >= 0.6 is 0 Å². The zero-order valence-corrected chi connectivity index (χ0v) is 30.6. The summed E-state index contributed by atoms with van der Waals surface area (Å²) in [5, 5.41) is 19.1. The lowest BCUT2D eigenvalue weighted by molar-refractivity contribution is -0.0294. The van der Waals surface area contributed by atoms with Crippen LogP contribution in [-0.4, -0.2) is 98.7 Å². The van der Waals surface area contributed by atoms with Crippen molar-refractivity contribution < 1.29 is 53.1 Å². The number of carbonyl (C=O) groups is 4. The van der Waals surface area contributed by atoms with Gasteiger partial charge in [0.2, 0.25) is 0 Å². The predicted octanol–water partition coefficient (Wildman–Crippen LogP) is 7.44. The molecular formula is C36H62N2O11. The summed E-state index contributed by atoms with van der Waals surface area (Å²) >= 11 is 0. The van der Waals surface area contributed by atoms with Crippen LogP contribution in [0.4, 0.5) is 19.2 Å². The van der Waals surface area contributed by atoms with E-state index in [-0.39, 0.29) is 38.3 Å². The third-order valence-electron chi connectivity index (χ3n) is 6.73. The van der Waals surface area contributed by atoms with Crippen molar-refractivity contribution in [1.82, 2.24) is 9.80 Å². The Morgan fingerprint density at radius 2 is 1.04 bits per heavy atom. The Bertz CT molecular complexity index is 1130. The summed E-state index contributed by atoms with van der Waals surface area (Å²) in [4.78, 5) is 48.9. The molecule has 2 aliphatic heterocycles. The fourth-order valence-electron chi connectivity index (χ4n) is 4.42. The molecule has 49 heavy (non-hydrogen) atoms. The number of carbonyl (C=O) groups excluding carboxylic acids is 4. The number of hydrogen-bond donors (Lipinski definition) is 2. The average molecular weight is 699 g/mol. The number of β-amino-alcohol motifs (C(OH)–C–C–N with tert-alkyl or cyclic N) is 2. The molecule has 2 N–H and O–H groups in total. The summed E-state index contributed by atoms with van der Waals surface area (Å²) in [5.74, 6) is 0. The molecule has 0 aromatic heterocycles. The maximum absolute atomic E-state index is 11.9. The number of ether oxygens (including phenoxy) is 5. The van der Waals surface area contributed by atoms with Crippen molar-refractivity contribution in [3.63, 3.8) is 0 Å². The lowest BCUT2D eigenvalue weighted by atomic mass is 10.0. The minimum atomic E-state index is -1.06. The molecule has 0 spiro atoms. The maximum atomic E-state index is 11.9. The van der Waals surface area contributed by atoms with Crippen LogP contribution in [0, 0.1) is 0 Å². The summed E-state index contributed by atoms with van der Waals surface area (Å²) in [7, 11) is 0. The van der Waals surface area contributed by atoms with Crippen molar-refractivity contribution in [3.8, 4) is 0 Å². The Morgan fingerprint density at radius 3 is 1.43 bits per heavy atom. The number of aliphatic hydroxyl groups is 2. The first kappa shape index (κ1) is 45.4. The Labute approximate surface area is 293 Å². The zero-order chi connectivity index (χ0) is 36.9. The van der Waals surface area contributed by atoms with Crippen LogP contribution < -0.4 is 0 Å². The van der Waals surface area contributed by atoms with Gasteiger partial charge in [0.1, 0.15) is 23.4 Å². The van der Waals surface area contributed by atoms with E-state index in [4.69, 9.17) is 18.9 Å². The van der Waals surface area contributed by atoms with Gasteiger partial charge in [-0.2, -0.15) is 0 Å². The molecule has 13 heteroatoms. The van der Waals surface area contributed by atoms with E-state index >= 15 is 0 Å². The third kappa shape index (κ3) is 20.5. The molecule has 2 amide bonds. The first-order chi connectivity index (χ1) is 22.0. The Balaban J connectivity index is 0.000000704. The fourth-order valence-corrected chi connectivity index (χ4v) is 4.42. The van der Waals surface area contributed by atoms with Crippen molar-refractivity contribution >= 4 is 24.5 Å². The molecule has 282 valence electrons. The van der Waals surface area contributed by atoms with Gasteiger partial charge in [-0.15, -0.1) is 0 Å². The van der Waals surface area contributed by atoms with Gasteiger partial charge in [-0.3, -0.25) is 0 Å². The summed E-state index contributed by atoms with van der Waals surface area (Å²) in [6, 6.07) is 9.88. The van der Waals surface area contributed by atoms with E-state index in [9.17, 15) is 29.4 Å². The molecule has 0 bridgehead atoms. The second kappa shape index (κ2) is 20.2. The van der Waals surface area contributed by atoms with Gasteiger partial charge in [0.05, 0.1) is 25.3 Å². The smallest absolute Gasteiger partial charge is 0.445 e. The van der Waals surface area contributed by atoms with Gasteiger partial charge in [0.25, 0.3) is 0 Å². The number of amides is 2. The Morgan fingerprint density at radius 1 is 0.653 bits per heavy atom. The van der Waals surface area contributed by atoms with Gasteiger partial charge in [0.15, 0.2) is 0 Å². The number of nitrogens with zero attached hydrogens (tertiary/aromatic N) is 2. The van der Waals surface area contributed by atoms with Crippen LogP contribution in [0.3, 0.4) is 0 Å². The van der Waals surface area contributed by atoms with E-state index in [1.54, 1.807) is 51.3 Å². The first-order valence-corrected chi connectivity index (χ1v) is 16.4. The van der Waals surface area contributed by atoms with E-state index in [1.165, 1.54) is 0 Å². The lowest BCUT2D eigenvalue weighted by Gasteiger charge is -2.36. The van der Waals surface area contributed by atoms with Crippen molar-refractivity contribution in [3.05, 3.63) is 35.9 Å². The monoisotopic (exact) mass is 698 g/mol. The second-order valence-electron chi connectivity index (χ2n) is 15.0. The van der Waals surface area contributed by atoms with Gasteiger partial charge in [-0.1, -0.05) is 37.8 Å². The van der Waals surface area contributed by atoms with E-state index in [0.29, 0.717) is 13.1 Å². The van der Waals surface area contributed by atoms with Gasteiger partial charge in [-0.05, 0) is 107 Å². The highest BCUT2D eigenvalue weighted by Gasteiger charge is 2.31. The van der Waals surface area contributed by atoms with Gasteiger partial charge in [0, 0.05) is 12.1 Å². The molecule has 4 atom stereocenters. The van der Waals surface area contributed by atoms with E-state index < -0.39 is 41.3 Å². The maximum Gasteiger partial charge on any atom is 0.519 e. The molecule has 2 saturated heterocycles. The average Bonchev–Trinajstić information content (AvgIpc) is 2.92. The molecule has 1 aromatic carbocycles. The quantitative estimate of drug-likeness (QED) is 0.179. The number of piperidine rings is 2. The van der Waals surface area contributed by atoms with Gasteiger partial charge in [-0.25, -0.2) is 19.2 Å². The van der Waals surface area contributed by atoms with Gasteiger partial charge >= 0.3 is 24.5 Å². The Hall–Kier alpha value is -3.58. The minimum Gasteiger partial charge on any atom is -0.445 e. The molecule has 3 rings (SSSR count). The van der Waals surface area contributed by atoms with Crippen LogP contribution in [0.1, 0.15) is 115 Å². The largest absolute Gasteiger partial charge is 0.519 e. The highest BCUT2D eigenvalue weighted by molar-refractivity contribution is 5.77. The summed E-state index contributed by atoms with van der Waals surface area (Å²) in [6.45, 7) is 20.5. The number of hydrogen-bond acceptors (Lipinski definition) is 11. The molecule has 2 heterocycles. The summed E-state index contributed by atoms with van der Waals surface area (Å²) in [5.41, 5.74) is -0.895. The highest BCUT2D eigenvalue weighted by atomic mass is 16.8. The fraction of sp³-hybridized carbons (Fsp3) is 0.722. The van der Waals surface area contributed by atoms with Crippen molar-refractivity contribution in [2.45, 2.75) is 157 Å². The summed E-state index contributed by atoms with van der Waals surface area (Å²) in [6.07, 6.45) is -0.446. The van der Waals surface area contributed by atoms with E-state index in [2.05, 4.69) is 4.74 Å². The second-order valence-corrected chi connectivity index (χ2v) is 15.0. The van der Waals surface area contributed by atoms with Crippen LogP contribution in [0.15, 0.2) is 30.3 Å². The van der Waals surface area contributed by atoms with Crippen molar-refractivity contribution in [2.75, 3.05) is 13.1 Å². The number of benzene rings is 1. The molecule has 2 fully saturated rings. The molecule has 0 saturated carbocycles. The molecule has 13 nitrogen and oxygen atoms in total. The van der Waals surface area contributed by atoms with Crippen molar-refractivity contribution in [2.24, 2.45) is 0 Å². The number of aliphatic hydroxyl groups excluding tert-OH is 2. The molecule has 0 aliphatic carbocycles. The SMILES string of the molecule is C.CC(C)(C)OC(=O)OC(=O)OC(C)(C)C.C[C@@H]1CC[C@@H](O)CN1C(=O)OC(C)(C)C.C[C@@H]1CC[C@@H](O)CN1C(=O)OCc1ccccc1. The van der Waals surface area contributed by atoms with E-state index in [1.807, 2.05) is 65.0 Å². The number of rotatable bonds is 2. The predicted molar refractivity (Wildman–Crippen MR) is 186 cm³/mol. The standard InChI is InChI=1S/C14H19NO3.C11H21NO3.C10H18O5.CH4/c1-11-7-8-13(16)9-15(11)14(17)18-10-12-5-3-2-4-6-12;1-8-5-6-9(13)7-12(8)10(14)15-11(2,3)4;1-9(2,3)14-7(11)13-8(12)15-10(4,5)6;/h2-6,11,13,16H,7-10H2,1H3;8-9,13H,5-7H2,1-4H3;1-6H3;1H4/t11-,13-;8-,9-;;/m11../s1. The molecule has 2 aliphatic rings. The van der Waals surface area contributed by atoms with Crippen LogP contribution in [0.25, 0.3) is 0 Å². The third-order valence-corrected chi connectivity index (χ3v) is 6.73. The normalized spacial score (nSPS) is 20.8. The molecule has 0 radical (unpaired) electrons. The van der Waals surface area contributed by atoms with Crippen molar-refractivity contribution in [1.29, 1.82) is 0 Å². The molecule has 1 aromatic rings. The van der Waals surface area contributed by atoms with Crippen LogP contribution in [-0.2, 0) is 30.3 Å². The number of likely N-dealkylation sites (tertiary alicyclic amines) is 2. The summed E-state index contributed by atoms with van der Waals surface area (Å²) < 4.78 is 24.3. The minimum absolute atomic E-state index is 0. The first-order valence-electron chi connectivity index (χ1n) is 16.4. The van der Waals surface area contributed by atoms with Gasteiger partial charge < -0.3 is 43.7 Å². The van der Waals surface area contributed by atoms with E-state index in [0.717, 1.165) is 31.2 Å². The molecular weight excluding hydrogens is 636 g/mol. The van der Waals surface area contributed by atoms with Crippen LogP contribution in [0.2, 0.25) is 0 Å². The Kier molecular flexibility index (Phi) is 18.7. The molecule has 0 unspecified atom stereocenters. The highest BCUT2D eigenvalue weighted by Crippen LogP contribution is 2.21. The lowest BCUT2D eigenvalue weighted by Crippen LogP contribution is -2.49. The zero-order valence-electron chi connectivity index (χ0n) is 30.6. The van der Waals surface area contributed by atoms with Crippen LogP contribution in [0.5, 0.6) is 0 Å². The topological polar surface area (TPSA) is 161 Å².